The van der Waals surface area contributed by atoms with E-state index in [1.807, 2.05) is 6.92 Å². The maximum Gasteiger partial charge on any atom is 0.0549 e. The van der Waals surface area contributed by atoms with Crippen molar-refractivity contribution in [3.8, 4) is 0 Å². The topological polar surface area (TPSA) is 38.0 Å². The largest absolute Gasteiger partial charge is 0.324 e. The second-order valence-corrected chi connectivity index (χ2v) is 4.40. The van der Waals surface area contributed by atoms with E-state index in [0.717, 1.165) is 10.2 Å². The molecule has 13 heavy (non-hydrogen) atoms. The molecule has 0 saturated carbocycles. The quantitative estimate of drug-likeness (QED) is 0.618. The summed E-state index contributed by atoms with van der Waals surface area (Å²) >= 11 is 3.48. The van der Waals surface area contributed by atoms with E-state index < -0.39 is 0 Å². The van der Waals surface area contributed by atoms with Crippen LogP contribution in [0.2, 0.25) is 0 Å². The summed E-state index contributed by atoms with van der Waals surface area (Å²) < 4.78 is 1.10. The Hall–Kier alpha value is -0.540. The van der Waals surface area contributed by atoms with Crippen molar-refractivity contribution in [2.45, 2.75) is 26.7 Å². The molecule has 1 aromatic carbocycles. The van der Waals surface area contributed by atoms with Gasteiger partial charge >= 0.3 is 0 Å². The predicted molar refractivity (Wildman–Crippen MR) is 60.8 cm³/mol. The fourth-order valence-corrected chi connectivity index (χ4v) is 2.01. The Morgan fingerprint density at radius 2 is 2.00 bits per heavy atom. The average molecular weight is 243 g/mol. The van der Waals surface area contributed by atoms with Crippen LogP contribution in [0.4, 0.5) is 5.69 Å². The van der Waals surface area contributed by atoms with Gasteiger partial charge in [0.25, 0.3) is 0 Å². The van der Waals surface area contributed by atoms with Gasteiger partial charge in [0.2, 0.25) is 0 Å². The molecule has 0 spiro atoms. The van der Waals surface area contributed by atoms with Crippen LogP contribution in [0.25, 0.3) is 0 Å². The molecular weight excluding hydrogens is 228 g/mol. The van der Waals surface area contributed by atoms with E-state index in [0.29, 0.717) is 5.92 Å². The van der Waals surface area contributed by atoms with Gasteiger partial charge in [-0.2, -0.15) is 0 Å². The number of anilines is 1. The first-order valence-corrected chi connectivity index (χ1v) is 5.12. The Morgan fingerprint density at radius 1 is 1.38 bits per heavy atom. The molecule has 3 heteroatoms. The minimum absolute atomic E-state index is 0.474. The van der Waals surface area contributed by atoms with E-state index in [-0.39, 0.29) is 0 Å². The summed E-state index contributed by atoms with van der Waals surface area (Å²) in [5.74, 6) is 5.95. The van der Waals surface area contributed by atoms with Crippen molar-refractivity contribution < 1.29 is 0 Å². The number of halogens is 1. The highest BCUT2D eigenvalue weighted by molar-refractivity contribution is 9.10. The van der Waals surface area contributed by atoms with Gasteiger partial charge in [0, 0.05) is 4.47 Å². The number of nitrogens with one attached hydrogen (secondary N) is 1. The van der Waals surface area contributed by atoms with E-state index in [2.05, 4.69) is 47.3 Å². The highest BCUT2D eigenvalue weighted by Gasteiger charge is 2.09. The maximum atomic E-state index is 5.47. The lowest BCUT2D eigenvalue weighted by molar-refractivity contribution is 0.864. The summed E-state index contributed by atoms with van der Waals surface area (Å²) in [6, 6.07) is 4.16. The second kappa shape index (κ2) is 4.11. The molecule has 0 aliphatic heterocycles. The molecule has 0 heterocycles. The van der Waals surface area contributed by atoms with Crippen molar-refractivity contribution in [1.82, 2.24) is 0 Å². The number of rotatable bonds is 2. The van der Waals surface area contributed by atoms with Gasteiger partial charge in [-0.25, -0.2) is 0 Å². The molecule has 3 N–H and O–H groups in total. The monoisotopic (exact) mass is 242 g/mol. The van der Waals surface area contributed by atoms with Crippen LogP contribution in [0.5, 0.6) is 0 Å². The lowest BCUT2D eigenvalue weighted by Crippen LogP contribution is -2.11. The molecule has 0 amide bonds. The minimum atomic E-state index is 0.474. The van der Waals surface area contributed by atoms with Crippen LogP contribution in [-0.2, 0) is 0 Å². The summed E-state index contributed by atoms with van der Waals surface area (Å²) in [4.78, 5) is 0. The fraction of sp³-hybridized carbons (Fsp3) is 0.400. The van der Waals surface area contributed by atoms with Gasteiger partial charge in [-0.3, -0.25) is 5.84 Å². The Labute approximate surface area is 87.6 Å². The van der Waals surface area contributed by atoms with Crippen molar-refractivity contribution in [2.24, 2.45) is 5.84 Å². The number of hydrazine groups is 1. The molecular formula is C10H15BrN2. The third-order valence-electron chi connectivity index (χ3n) is 2.10. The SMILES string of the molecule is Cc1cc(Br)cc(C(C)C)c1NN. The fourth-order valence-electron chi connectivity index (χ4n) is 1.42. The summed E-state index contributed by atoms with van der Waals surface area (Å²) in [5.41, 5.74) is 6.20. The zero-order valence-corrected chi connectivity index (χ0v) is 9.77. The number of benzene rings is 1. The standard InChI is InChI=1S/C10H15BrN2/c1-6(2)9-5-8(11)4-7(3)10(9)13-12/h4-6,13H,12H2,1-3H3. The molecule has 0 radical (unpaired) electrons. The van der Waals surface area contributed by atoms with Gasteiger partial charge in [0.05, 0.1) is 5.69 Å². The summed E-state index contributed by atoms with van der Waals surface area (Å²) in [6.07, 6.45) is 0. The third kappa shape index (κ3) is 2.23. The van der Waals surface area contributed by atoms with Gasteiger partial charge in [-0.15, -0.1) is 0 Å². The highest BCUT2D eigenvalue weighted by Crippen LogP contribution is 2.30. The molecule has 0 saturated heterocycles. The molecule has 0 bridgehead atoms. The van der Waals surface area contributed by atoms with Crippen LogP contribution in [0.3, 0.4) is 0 Å². The lowest BCUT2D eigenvalue weighted by atomic mass is 9.98. The van der Waals surface area contributed by atoms with Crippen LogP contribution in [0.1, 0.15) is 30.9 Å². The van der Waals surface area contributed by atoms with E-state index in [1.54, 1.807) is 0 Å². The molecule has 0 aromatic heterocycles. The molecule has 2 nitrogen and oxygen atoms in total. The third-order valence-corrected chi connectivity index (χ3v) is 2.55. The lowest BCUT2D eigenvalue weighted by Gasteiger charge is -2.15. The Bertz CT molecular complexity index is 308. The van der Waals surface area contributed by atoms with E-state index in [4.69, 9.17) is 5.84 Å². The molecule has 0 atom stereocenters. The van der Waals surface area contributed by atoms with Crippen molar-refractivity contribution in [1.29, 1.82) is 0 Å². The Balaban J connectivity index is 3.29. The number of aryl methyl sites for hydroxylation is 1. The molecule has 0 aliphatic rings. The highest BCUT2D eigenvalue weighted by atomic mass is 79.9. The first-order valence-electron chi connectivity index (χ1n) is 4.33. The van der Waals surface area contributed by atoms with Crippen LogP contribution >= 0.6 is 15.9 Å². The smallest absolute Gasteiger partial charge is 0.0549 e. The molecule has 72 valence electrons. The molecule has 0 aliphatic carbocycles. The first kappa shape index (κ1) is 10.5. The Kier molecular flexibility index (Phi) is 3.33. The summed E-state index contributed by atoms with van der Waals surface area (Å²) in [7, 11) is 0. The average Bonchev–Trinajstić information content (AvgIpc) is 2.02. The molecule has 1 aromatic rings. The van der Waals surface area contributed by atoms with Crippen LogP contribution < -0.4 is 11.3 Å². The van der Waals surface area contributed by atoms with E-state index in [9.17, 15) is 0 Å². The molecule has 0 unspecified atom stereocenters. The van der Waals surface area contributed by atoms with E-state index >= 15 is 0 Å². The minimum Gasteiger partial charge on any atom is -0.324 e. The normalized spacial score (nSPS) is 10.6. The van der Waals surface area contributed by atoms with Gasteiger partial charge in [0.1, 0.15) is 0 Å². The number of hydrogen-bond donors (Lipinski definition) is 2. The van der Waals surface area contributed by atoms with E-state index in [1.165, 1.54) is 11.1 Å². The van der Waals surface area contributed by atoms with Crippen molar-refractivity contribution in [2.75, 3.05) is 5.43 Å². The van der Waals surface area contributed by atoms with Crippen LogP contribution in [0, 0.1) is 6.92 Å². The van der Waals surface area contributed by atoms with Gasteiger partial charge in [-0.1, -0.05) is 29.8 Å². The number of hydrogen-bond acceptors (Lipinski definition) is 2. The number of nitrogen functional groups attached to an aromatic ring is 1. The predicted octanol–water partition coefficient (Wildman–Crippen LogP) is 3.17. The summed E-state index contributed by atoms with van der Waals surface area (Å²) in [5, 5.41) is 0. The molecule has 1 rings (SSSR count). The first-order chi connectivity index (χ1) is 6.06. The van der Waals surface area contributed by atoms with Gasteiger partial charge in [0.15, 0.2) is 0 Å². The Morgan fingerprint density at radius 3 is 2.46 bits per heavy atom. The van der Waals surface area contributed by atoms with Gasteiger partial charge < -0.3 is 5.43 Å². The van der Waals surface area contributed by atoms with Crippen LogP contribution in [-0.4, -0.2) is 0 Å². The van der Waals surface area contributed by atoms with Crippen LogP contribution in [0.15, 0.2) is 16.6 Å². The number of nitrogens with two attached hydrogens (primary N) is 1. The molecule has 0 fully saturated rings. The van der Waals surface area contributed by atoms with Crippen molar-refractivity contribution >= 4 is 21.6 Å². The maximum absolute atomic E-state index is 5.47. The van der Waals surface area contributed by atoms with Crippen molar-refractivity contribution in [3.05, 3.63) is 27.7 Å². The van der Waals surface area contributed by atoms with Gasteiger partial charge in [-0.05, 0) is 36.1 Å². The van der Waals surface area contributed by atoms with Crippen molar-refractivity contribution in [3.63, 3.8) is 0 Å². The zero-order chi connectivity index (χ0) is 10.0. The summed E-state index contributed by atoms with van der Waals surface area (Å²) in [6.45, 7) is 6.36. The second-order valence-electron chi connectivity index (χ2n) is 3.49. The zero-order valence-electron chi connectivity index (χ0n) is 8.19.